The van der Waals surface area contributed by atoms with Crippen LogP contribution in [0.15, 0.2) is 30.3 Å². The molecule has 1 heterocycles. The Morgan fingerprint density at radius 2 is 2.00 bits per heavy atom. The zero-order valence-electron chi connectivity index (χ0n) is 9.27. The van der Waals surface area contributed by atoms with Gasteiger partial charge >= 0.3 is 0 Å². The fourth-order valence-corrected chi connectivity index (χ4v) is 1.63. The van der Waals surface area contributed by atoms with E-state index in [2.05, 4.69) is 4.98 Å². The van der Waals surface area contributed by atoms with Gasteiger partial charge in [0.1, 0.15) is 5.82 Å². The van der Waals surface area contributed by atoms with Crippen molar-refractivity contribution in [3.8, 4) is 0 Å². The first-order valence-electron chi connectivity index (χ1n) is 4.96. The van der Waals surface area contributed by atoms with Gasteiger partial charge in [0, 0.05) is 19.5 Å². The van der Waals surface area contributed by atoms with Crippen molar-refractivity contribution in [1.82, 2.24) is 4.98 Å². The van der Waals surface area contributed by atoms with E-state index in [1.807, 2.05) is 38.4 Å². The minimum Gasteiger partial charge on any atom is -0.365 e. The Bertz CT molecular complexity index is 549. The number of aromatic nitrogens is 1. The van der Waals surface area contributed by atoms with Gasteiger partial charge in [0.2, 0.25) is 0 Å². The third-order valence-corrected chi connectivity index (χ3v) is 2.39. The fourth-order valence-electron chi connectivity index (χ4n) is 1.63. The highest BCUT2D eigenvalue weighted by molar-refractivity contribution is 6.01. The molecular weight excluding hydrogens is 202 g/mol. The SMILES string of the molecule is CN(C)c1nc2ccccc2cc1C(N)=O. The average Bonchev–Trinajstić information content (AvgIpc) is 2.27. The quantitative estimate of drug-likeness (QED) is 0.823. The number of fused-ring (bicyclic) bond motifs is 1. The summed E-state index contributed by atoms with van der Waals surface area (Å²) in [4.78, 5) is 17.5. The van der Waals surface area contributed by atoms with Crippen molar-refractivity contribution in [2.45, 2.75) is 0 Å². The van der Waals surface area contributed by atoms with Crippen LogP contribution in [0.1, 0.15) is 10.4 Å². The van der Waals surface area contributed by atoms with Crippen molar-refractivity contribution in [1.29, 1.82) is 0 Å². The molecule has 0 fully saturated rings. The van der Waals surface area contributed by atoms with E-state index >= 15 is 0 Å². The van der Waals surface area contributed by atoms with E-state index in [9.17, 15) is 4.79 Å². The number of primary amides is 1. The molecule has 82 valence electrons. The number of rotatable bonds is 2. The van der Waals surface area contributed by atoms with Gasteiger partial charge < -0.3 is 10.6 Å². The molecule has 16 heavy (non-hydrogen) atoms. The van der Waals surface area contributed by atoms with Crippen LogP contribution in [0.2, 0.25) is 0 Å². The first-order valence-corrected chi connectivity index (χ1v) is 4.96. The molecule has 2 rings (SSSR count). The minimum absolute atomic E-state index is 0.448. The zero-order valence-corrected chi connectivity index (χ0v) is 9.27. The van der Waals surface area contributed by atoms with Gasteiger partial charge in [-0.15, -0.1) is 0 Å². The van der Waals surface area contributed by atoms with E-state index in [0.717, 1.165) is 10.9 Å². The van der Waals surface area contributed by atoms with Gasteiger partial charge in [0.25, 0.3) is 5.91 Å². The molecule has 0 radical (unpaired) electrons. The number of hydrogen-bond donors (Lipinski definition) is 1. The Morgan fingerprint density at radius 1 is 1.31 bits per heavy atom. The van der Waals surface area contributed by atoms with Gasteiger partial charge in [-0.25, -0.2) is 4.98 Å². The van der Waals surface area contributed by atoms with Crippen molar-refractivity contribution in [2.24, 2.45) is 5.73 Å². The van der Waals surface area contributed by atoms with Crippen LogP contribution in [0.4, 0.5) is 5.82 Å². The number of pyridine rings is 1. The summed E-state index contributed by atoms with van der Waals surface area (Å²) in [5.41, 5.74) is 6.64. The van der Waals surface area contributed by atoms with Crippen LogP contribution in [-0.4, -0.2) is 25.0 Å². The number of amides is 1. The molecule has 4 nitrogen and oxygen atoms in total. The molecule has 0 unspecified atom stereocenters. The molecule has 0 aliphatic carbocycles. The largest absolute Gasteiger partial charge is 0.365 e. The molecule has 0 bridgehead atoms. The number of nitrogens with two attached hydrogens (primary N) is 1. The molecule has 2 N–H and O–H groups in total. The first-order chi connectivity index (χ1) is 7.59. The van der Waals surface area contributed by atoms with Crippen molar-refractivity contribution in [3.63, 3.8) is 0 Å². The lowest BCUT2D eigenvalue weighted by Gasteiger charge is -2.15. The summed E-state index contributed by atoms with van der Waals surface area (Å²) in [6, 6.07) is 9.42. The van der Waals surface area contributed by atoms with Gasteiger partial charge in [-0.05, 0) is 12.1 Å². The van der Waals surface area contributed by atoms with E-state index in [1.54, 1.807) is 11.0 Å². The van der Waals surface area contributed by atoms with E-state index < -0.39 is 5.91 Å². The summed E-state index contributed by atoms with van der Waals surface area (Å²) < 4.78 is 0. The van der Waals surface area contributed by atoms with Crippen molar-refractivity contribution in [2.75, 3.05) is 19.0 Å². The maximum atomic E-state index is 11.3. The molecular formula is C12H13N3O. The molecule has 2 aromatic rings. The maximum absolute atomic E-state index is 11.3. The molecule has 4 heteroatoms. The zero-order chi connectivity index (χ0) is 11.7. The molecule has 0 saturated heterocycles. The monoisotopic (exact) mass is 215 g/mol. The van der Waals surface area contributed by atoms with Gasteiger partial charge in [-0.2, -0.15) is 0 Å². The van der Waals surface area contributed by atoms with Crippen molar-refractivity contribution < 1.29 is 4.79 Å². The predicted molar refractivity (Wildman–Crippen MR) is 64.6 cm³/mol. The average molecular weight is 215 g/mol. The summed E-state index contributed by atoms with van der Waals surface area (Å²) in [5.74, 6) is 0.146. The van der Waals surface area contributed by atoms with Gasteiger partial charge in [0.15, 0.2) is 0 Å². The van der Waals surface area contributed by atoms with E-state index in [0.29, 0.717) is 11.4 Å². The van der Waals surface area contributed by atoms with Crippen LogP contribution in [0, 0.1) is 0 Å². The number of para-hydroxylation sites is 1. The summed E-state index contributed by atoms with van der Waals surface area (Å²) in [6.45, 7) is 0. The normalized spacial score (nSPS) is 10.4. The molecule has 1 aromatic carbocycles. The van der Waals surface area contributed by atoms with Crippen molar-refractivity contribution >= 4 is 22.6 Å². The number of anilines is 1. The highest BCUT2D eigenvalue weighted by Gasteiger charge is 2.12. The second-order valence-corrected chi connectivity index (χ2v) is 3.81. The Kier molecular flexibility index (Phi) is 2.48. The topological polar surface area (TPSA) is 59.2 Å². The summed E-state index contributed by atoms with van der Waals surface area (Å²) >= 11 is 0. The van der Waals surface area contributed by atoms with Crippen molar-refractivity contribution in [3.05, 3.63) is 35.9 Å². The Morgan fingerprint density at radius 3 is 2.62 bits per heavy atom. The number of benzene rings is 1. The van der Waals surface area contributed by atoms with E-state index in [-0.39, 0.29) is 0 Å². The lowest BCUT2D eigenvalue weighted by molar-refractivity contribution is 0.100. The number of hydrogen-bond acceptors (Lipinski definition) is 3. The van der Waals surface area contributed by atoms with Crippen LogP contribution in [0.5, 0.6) is 0 Å². The Hall–Kier alpha value is -2.10. The van der Waals surface area contributed by atoms with Crippen LogP contribution in [-0.2, 0) is 0 Å². The van der Waals surface area contributed by atoms with E-state index in [1.165, 1.54) is 0 Å². The van der Waals surface area contributed by atoms with Crippen LogP contribution in [0.25, 0.3) is 10.9 Å². The lowest BCUT2D eigenvalue weighted by atomic mass is 10.1. The van der Waals surface area contributed by atoms with Crippen LogP contribution in [0.3, 0.4) is 0 Å². The minimum atomic E-state index is -0.457. The fraction of sp³-hybridized carbons (Fsp3) is 0.167. The third-order valence-electron chi connectivity index (χ3n) is 2.39. The third kappa shape index (κ3) is 1.69. The summed E-state index contributed by atoms with van der Waals surface area (Å²) in [6.07, 6.45) is 0. The summed E-state index contributed by atoms with van der Waals surface area (Å²) in [7, 11) is 3.67. The molecule has 0 aliphatic heterocycles. The molecule has 0 spiro atoms. The molecule has 1 aromatic heterocycles. The highest BCUT2D eigenvalue weighted by Crippen LogP contribution is 2.21. The number of carbonyl (C=O) groups excluding carboxylic acids is 1. The van der Waals surface area contributed by atoms with Gasteiger partial charge in [-0.3, -0.25) is 4.79 Å². The molecule has 0 saturated carbocycles. The van der Waals surface area contributed by atoms with Gasteiger partial charge in [-0.1, -0.05) is 18.2 Å². The Balaban J connectivity index is 2.76. The standard InChI is InChI=1S/C12H13N3O/c1-15(2)12-9(11(13)16)7-8-5-3-4-6-10(8)14-12/h3-7H,1-2H3,(H2,13,16). The van der Waals surface area contributed by atoms with Crippen LogP contribution >= 0.6 is 0 Å². The second-order valence-electron chi connectivity index (χ2n) is 3.81. The summed E-state index contributed by atoms with van der Waals surface area (Å²) in [5, 5.41) is 0.918. The number of carbonyl (C=O) groups is 1. The van der Waals surface area contributed by atoms with Crippen LogP contribution < -0.4 is 10.6 Å². The molecule has 0 aliphatic rings. The Labute approximate surface area is 93.7 Å². The lowest BCUT2D eigenvalue weighted by Crippen LogP contribution is -2.20. The highest BCUT2D eigenvalue weighted by atomic mass is 16.1. The maximum Gasteiger partial charge on any atom is 0.252 e. The first kappa shape index (κ1) is 10.4. The predicted octanol–water partition coefficient (Wildman–Crippen LogP) is 1.40. The second kappa shape index (κ2) is 3.81. The molecule has 0 atom stereocenters. The molecule has 1 amide bonds. The van der Waals surface area contributed by atoms with Gasteiger partial charge in [0.05, 0.1) is 11.1 Å². The van der Waals surface area contributed by atoms with E-state index in [4.69, 9.17) is 5.73 Å². The number of nitrogens with zero attached hydrogens (tertiary/aromatic N) is 2. The smallest absolute Gasteiger partial charge is 0.252 e.